The molecule has 17 heavy (non-hydrogen) atoms. The molecule has 0 spiro atoms. The molecule has 0 heterocycles. The number of hydrogen-bond acceptors (Lipinski definition) is 3. The molecule has 0 radical (unpaired) electrons. The predicted octanol–water partition coefficient (Wildman–Crippen LogP) is 2.76. The highest BCUT2D eigenvalue weighted by Gasteiger charge is 2.10. The van der Waals surface area contributed by atoms with Gasteiger partial charge in [0.2, 0.25) is 0 Å². The summed E-state index contributed by atoms with van der Waals surface area (Å²) in [7, 11) is 6.01. The molecule has 1 aromatic carbocycles. The summed E-state index contributed by atoms with van der Waals surface area (Å²) < 4.78 is 13.2. The van der Waals surface area contributed by atoms with E-state index >= 15 is 0 Å². The van der Waals surface area contributed by atoms with Crippen LogP contribution in [0.1, 0.15) is 18.5 Å². The predicted molar refractivity (Wildman–Crippen MR) is 73.2 cm³/mol. The van der Waals surface area contributed by atoms with E-state index in [9.17, 15) is 4.39 Å². The molecule has 1 N–H and O–H groups in total. The number of thioether (sulfide) groups is 1. The minimum Gasteiger partial charge on any atom is -0.313 e. The van der Waals surface area contributed by atoms with Gasteiger partial charge >= 0.3 is 0 Å². The Morgan fingerprint density at radius 2 is 2.12 bits per heavy atom. The third-order valence-corrected chi connectivity index (χ3v) is 3.74. The molecule has 0 aromatic heterocycles. The minimum absolute atomic E-state index is 0.168. The number of halogens is 1. The van der Waals surface area contributed by atoms with Gasteiger partial charge in [-0.05, 0) is 51.8 Å². The van der Waals surface area contributed by atoms with Gasteiger partial charge in [-0.3, -0.25) is 0 Å². The Morgan fingerprint density at radius 1 is 1.41 bits per heavy atom. The largest absolute Gasteiger partial charge is 0.313 e. The molecule has 2 nitrogen and oxygen atoms in total. The summed E-state index contributed by atoms with van der Waals surface area (Å²) in [6, 6.07) is 5.20. The monoisotopic (exact) mass is 256 g/mol. The Bertz CT molecular complexity index is 355. The summed E-state index contributed by atoms with van der Waals surface area (Å²) in [5.41, 5.74) is 1.04. The standard InChI is InChI=1S/C13H21FN2S/c1-10(15-2)12-9-11(14)5-6-13(12)17-8-7-16(3)4/h5-6,9-10,15H,7-8H2,1-4H3. The van der Waals surface area contributed by atoms with Gasteiger partial charge in [0.25, 0.3) is 0 Å². The van der Waals surface area contributed by atoms with Crippen LogP contribution >= 0.6 is 11.8 Å². The quantitative estimate of drug-likeness (QED) is 0.788. The van der Waals surface area contributed by atoms with Crippen molar-refractivity contribution in [3.05, 3.63) is 29.6 Å². The van der Waals surface area contributed by atoms with Crippen molar-refractivity contribution in [1.29, 1.82) is 0 Å². The van der Waals surface area contributed by atoms with E-state index in [0.717, 1.165) is 22.8 Å². The molecule has 0 aliphatic heterocycles. The van der Waals surface area contributed by atoms with Gasteiger partial charge in [0.15, 0.2) is 0 Å². The van der Waals surface area contributed by atoms with E-state index < -0.39 is 0 Å². The van der Waals surface area contributed by atoms with Crippen LogP contribution in [0, 0.1) is 5.82 Å². The SMILES string of the molecule is CNC(C)c1cc(F)ccc1SCCN(C)C. The maximum absolute atomic E-state index is 13.2. The second kappa shape index (κ2) is 6.99. The summed E-state index contributed by atoms with van der Waals surface area (Å²) in [6.07, 6.45) is 0. The summed E-state index contributed by atoms with van der Waals surface area (Å²) in [6.45, 7) is 3.07. The van der Waals surface area contributed by atoms with Crippen LogP contribution in [0.4, 0.5) is 4.39 Å². The first-order valence-electron chi connectivity index (χ1n) is 5.79. The van der Waals surface area contributed by atoms with Crippen LogP contribution in [0.3, 0.4) is 0 Å². The van der Waals surface area contributed by atoms with Crippen LogP contribution in [0.15, 0.2) is 23.1 Å². The van der Waals surface area contributed by atoms with Gasteiger partial charge in [-0.2, -0.15) is 0 Å². The fourth-order valence-corrected chi connectivity index (χ4v) is 2.73. The number of hydrogen-bond donors (Lipinski definition) is 1. The highest BCUT2D eigenvalue weighted by Crippen LogP contribution is 2.28. The first-order valence-corrected chi connectivity index (χ1v) is 6.77. The second-order valence-corrected chi connectivity index (χ2v) is 5.48. The summed E-state index contributed by atoms with van der Waals surface area (Å²) in [5, 5.41) is 3.16. The minimum atomic E-state index is -0.168. The van der Waals surface area contributed by atoms with Gasteiger partial charge in [-0.1, -0.05) is 0 Å². The highest BCUT2D eigenvalue weighted by atomic mass is 32.2. The van der Waals surface area contributed by atoms with Crippen molar-refractivity contribution in [2.24, 2.45) is 0 Å². The van der Waals surface area contributed by atoms with Gasteiger partial charge in [0, 0.05) is 23.2 Å². The van der Waals surface area contributed by atoms with Gasteiger partial charge in [0.05, 0.1) is 0 Å². The molecule has 1 rings (SSSR count). The molecule has 0 fully saturated rings. The van der Waals surface area contributed by atoms with Crippen LogP contribution in [0.2, 0.25) is 0 Å². The second-order valence-electron chi connectivity index (χ2n) is 4.34. The molecule has 4 heteroatoms. The molecule has 0 saturated carbocycles. The molecular formula is C13H21FN2S. The fourth-order valence-electron chi connectivity index (χ4n) is 1.48. The average molecular weight is 256 g/mol. The maximum atomic E-state index is 13.2. The van der Waals surface area contributed by atoms with E-state index in [1.807, 2.05) is 20.0 Å². The molecule has 96 valence electrons. The van der Waals surface area contributed by atoms with Crippen molar-refractivity contribution in [3.63, 3.8) is 0 Å². The fraction of sp³-hybridized carbons (Fsp3) is 0.538. The number of benzene rings is 1. The van der Waals surface area contributed by atoms with E-state index in [2.05, 4.69) is 24.3 Å². The van der Waals surface area contributed by atoms with Crippen molar-refractivity contribution in [2.75, 3.05) is 33.4 Å². The average Bonchev–Trinajstić information content (AvgIpc) is 2.29. The van der Waals surface area contributed by atoms with Gasteiger partial charge < -0.3 is 10.2 Å². The molecular weight excluding hydrogens is 235 g/mol. The molecule has 0 bridgehead atoms. The Balaban J connectivity index is 2.76. The van der Waals surface area contributed by atoms with Crippen molar-refractivity contribution in [3.8, 4) is 0 Å². The molecule has 0 aliphatic rings. The van der Waals surface area contributed by atoms with Crippen molar-refractivity contribution in [2.45, 2.75) is 17.9 Å². The topological polar surface area (TPSA) is 15.3 Å². The molecule has 1 aromatic rings. The van der Waals surface area contributed by atoms with Crippen LogP contribution in [0.25, 0.3) is 0 Å². The van der Waals surface area contributed by atoms with Crippen LogP contribution < -0.4 is 5.32 Å². The number of nitrogens with zero attached hydrogens (tertiary/aromatic N) is 1. The van der Waals surface area contributed by atoms with E-state index in [1.165, 1.54) is 6.07 Å². The zero-order valence-corrected chi connectivity index (χ0v) is 11.8. The van der Waals surface area contributed by atoms with Gasteiger partial charge in [0.1, 0.15) is 5.82 Å². The van der Waals surface area contributed by atoms with E-state index in [4.69, 9.17) is 0 Å². The first kappa shape index (κ1) is 14.5. The summed E-state index contributed by atoms with van der Waals surface area (Å²) in [4.78, 5) is 3.31. The van der Waals surface area contributed by atoms with Gasteiger partial charge in [-0.25, -0.2) is 4.39 Å². The van der Waals surface area contributed by atoms with Gasteiger partial charge in [-0.15, -0.1) is 11.8 Å². The van der Waals surface area contributed by atoms with Crippen LogP contribution in [-0.4, -0.2) is 38.3 Å². The Morgan fingerprint density at radius 3 is 2.71 bits per heavy atom. The van der Waals surface area contributed by atoms with E-state index in [-0.39, 0.29) is 11.9 Å². The lowest BCUT2D eigenvalue weighted by Crippen LogP contribution is -2.16. The van der Waals surface area contributed by atoms with Crippen molar-refractivity contribution < 1.29 is 4.39 Å². The zero-order chi connectivity index (χ0) is 12.8. The summed E-state index contributed by atoms with van der Waals surface area (Å²) in [5.74, 6) is 0.848. The first-order chi connectivity index (χ1) is 8.04. The smallest absolute Gasteiger partial charge is 0.123 e. The third kappa shape index (κ3) is 4.66. The maximum Gasteiger partial charge on any atom is 0.123 e. The normalized spacial score (nSPS) is 13.1. The molecule has 1 atom stereocenters. The lowest BCUT2D eigenvalue weighted by atomic mass is 10.1. The molecule has 0 aliphatic carbocycles. The van der Waals surface area contributed by atoms with Crippen LogP contribution in [-0.2, 0) is 0 Å². The number of rotatable bonds is 6. The molecule has 1 unspecified atom stereocenters. The van der Waals surface area contributed by atoms with Crippen LogP contribution in [0.5, 0.6) is 0 Å². The Labute approximate surface area is 108 Å². The molecule has 0 amide bonds. The summed E-state index contributed by atoms with van der Waals surface area (Å²) >= 11 is 1.78. The van der Waals surface area contributed by atoms with E-state index in [0.29, 0.717) is 0 Å². The lowest BCUT2D eigenvalue weighted by Gasteiger charge is -2.16. The Hall–Kier alpha value is -0.580. The molecule has 0 saturated heterocycles. The zero-order valence-electron chi connectivity index (χ0n) is 11.0. The third-order valence-electron chi connectivity index (χ3n) is 2.67. The van der Waals surface area contributed by atoms with E-state index in [1.54, 1.807) is 17.8 Å². The number of nitrogens with one attached hydrogen (secondary N) is 1. The van der Waals surface area contributed by atoms with Crippen molar-refractivity contribution >= 4 is 11.8 Å². The lowest BCUT2D eigenvalue weighted by molar-refractivity contribution is 0.437. The Kier molecular flexibility index (Phi) is 5.95. The van der Waals surface area contributed by atoms with Crippen molar-refractivity contribution in [1.82, 2.24) is 10.2 Å². The highest BCUT2D eigenvalue weighted by molar-refractivity contribution is 7.99.